The number of aromatic nitrogens is 3. The molecule has 4 heterocycles. The molecule has 0 aliphatic heterocycles. The molecule has 4 nitrogen and oxygen atoms in total. The van der Waals surface area contributed by atoms with E-state index in [9.17, 15) is 0 Å². The van der Waals surface area contributed by atoms with Crippen LogP contribution in [0.2, 0.25) is 0 Å². The maximum Gasteiger partial charge on any atom is 0.163 e. The van der Waals surface area contributed by atoms with Crippen molar-refractivity contribution >= 4 is 75.3 Å². The van der Waals surface area contributed by atoms with Gasteiger partial charge in [-0.3, -0.25) is 4.57 Å². The molecule has 10 rings (SSSR count). The van der Waals surface area contributed by atoms with Crippen LogP contribution in [0.5, 0.6) is 0 Å². The number of fused-ring (bicyclic) bond motifs is 10. The fourth-order valence-corrected chi connectivity index (χ4v) is 8.04. The van der Waals surface area contributed by atoms with E-state index < -0.39 is 0 Å². The molecule has 0 spiro atoms. The Morgan fingerprint density at radius 1 is 0.556 bits per heavy atom. The monoisotopic (exact) mass is 593 g/mol. The van der Waals surface area contributed by atoms with E-state index in [0.29, 0.717) is 5.82 Å². The number of hydrogen-bond donors (Lipinski definition) is 0. The Balaban J connectivity index is 1.31. The van der Waals surface area contributed by atoms with Crippen LogP contribution in [0.1, 0.15) is 0 Å². The van der Waals surface area contributed by atoms with Gasteiger partial charge in [0.05, 0.1) is 22.1 Å². The zero-order chi connectivity index (χ0) is 29.5. The largest absolute Gasteiger partial charge is 0.455 e. The summed E-state index contributed by atoms with van der Waals surface area (Å²) in [5.41, 5.74) is 6.87. The van der Waals surface area contributed by atoms with Gasteiger partial charge in [0.2, 0.25) is 0 Å². The summed E-state index contributed by atoms with van der Waals surface area (Å²) in [4.78, 5) is 10.5. The van der Waals surface area contributed by atoms with Gasteiger partial charge in [-0.1, -0.05) is 97.1 Å². The number of hydrogen-bond acceptors (Lipinski definition) is 4. The number of benzene rings is 6. The fourth-order valence-electron chi connectivity index (χ4n) is 6.83. The average Bonchev–Trinajstić information content (AvgIpc) is 3.78. The number of rotatable bonds is 3. The van der Waals surface area contributed by atoms with Gasteiger partial charge >= 0.3 is 0 Å². The quantitative estimate of drug-likeness (QED) is 0.205. The first kappa shape index (κ1) is 24.6. The summed E-state index contributed by atoms with van der Waals surface area (Å²) in [6.07, 6.45) is 0. The predicted molar refractivity (Wildman–Crippen MR) is 187 cm³/mol. The summed E-state index contributed by atoms with van der Waals surface area (Å²) in [5, 5.41) is 6.95. The van der Waals surface area contributed by atoms with E-state index >= 15 is 0 Å². The summed E-state index contributed by atoms with van der Waals surface area (Å²) >= 11 is 1.80. The van der Waals surface area contributed by atoms with E-state index in [-0.39, 0.29) is 0 Å². The molecule has 0 N–H and O–H groups in total. The number of furan rings is 1. The zero-order valence-electron chi connectivity index (χ0n) is 23.9. The summed E-state index contributed by atoms with van der Waals surface area (Å²) in [5.74, 6) is 1.53. The van der Waals surface area contributed by atoms with Crippen LogP contribution in [0.15, 0.2) is 144 Å². The number of thiophene rings is 1. The molecule has 4 aromatic heterocycles. The second kappa shape index (κ2) is 9.36. The molecule has 210 valence electrons. The van der Waals surface area contributed by atoms with Crippen LogP contribution >= 0.6 is 11.3 Å². The highest BCUT2D eigenvalue weighted by Crippen LogP contribution is 2.42. The molecule has 0 unspecified atom stereocenters. The number of nitrogens with zero attached hydrogens (tertiary/aromatic N) is 3. The molecule has 0 saturated heterocycles. The molecule has 45 heavy (non-hydrogen) atoms. The van der Waals surface area contributed by atoms with Crippen LogP contribution in [0.25, 0.3) is 92.4 Å². The molecule has 0 saturated carbocycles. The van der Waals surface area contributed by atoms with Gasteiger partial charge in [-0.25, -0.2) is 9.97 Å². The highest BCUT2D eigenvalue weighted by atomic mass is 32.1. The van der Waals surface area contributed by atoms with Gasteiger partial charge in [-0.2, -0.15) is 0 Å². The van der Waals surface area contributed by atoms with Crippen LogP contribution in [0, 0.1) is 0 Å². The smallest absolute Gasteiger partial charge is 0.163 e. The minimum atomic E-state index is 0.708. The second-order valence-electron chi connectivity index (χ2n) is 11.4. The van der Waals surface area contributed by atoms with E-state index in [2.05, 4.69) is 126 Å². The van der Waals surface area contributed by atoms with Crippen molar-refractivity contribution in [3.63, 3.8) is 0 Å². The Morgan fingerprint density at radius 3 is 2.22 bits per heavy atom. The molecule has 6 aromatic carbocycles. The molecule has 0 atom stereocenters. The summed E-state index contributed by atoms with van der Waals surface area (Å²) in [6, 6.07) is 48.7. The Bertz CT molecular complexity index is 2770. The predicted octanol–water partition coefficient (Wildman–Crippen LogP) is 11.2. The van der Waals surface area contributed by atoms with Gasteiger partial charge in [-0.15, -0.1) is 11.3 Å². The Kier molecular flexibility index (Phi) is 5.12. The minimum Gasteiger partial charge on any atom is -0.455 e. The Morgan fingerprint density at radius 2 is 1.31 bits per heavy atom. The van der Waals surface area contributed by atoms with Crippen molar-refractivity contribution in [1.82, 2.24) is 14.5 Å². The van der Waals surface area contributed by atoms with Crippen molar-refractivity contribution in [1.29, 1.82) is 0 Å². The fraction of sp³-hybridized carbons (Fsp3) is 0. The average molecular weight is 594 g/mol. The van der Waals surface area contributed by atoms with Crippen molar-refractivity contribution < 1.29 is 4.42 Å². The molecule has 0 amide bonds. The van der Waals surface area contributed by atoms with E-state index in [4.69, 9.17) is 14.4 Å². The van der Waals surface area contributed by atoms with Gasteiger partial charge < -0.3 is 4.42 Å². The van der Waals surface area contributed by atoms with E-state index in [1.807, 2.05) is 18.2 Å². The molecular weight excluding hydrogens is 571 g/mol. The highest BCUT2D eigenvalue weighted by molar-refractivity contribution is 7.26. The zero-order valence-corrected chi connectivity index (χ0v) is 24.8. The minimum absolute atomic E-state index is 0.708. The molecule has 0 aliphatic rings. The third-order valence-electron chi connectivity index (χ3n) is 8.84. The van der Waals surface area contributed by atoms with Gasteiger partial charge in [0.25, 0.3) is 0 Å². The van der Waals surface area contributed by atoms with Gasteiger partial charge in [0.15, 0.2) is 5.82 Å². The molecule has 5 heteroatoms. The first-order chi connectivity index (χ1) is 22.3. The third-order valence-corrected chi connectivity index (χ3v) is 10.1. The van der Waals surface area contributed by atoms with Crippen molar-refractivity contribution in [3.8, 4) is 28.5 Å². The van der Waals surface area contributed by atoms with Crippen LogP contribution in [-0.4, -0.2) is 14.5 Å². The number of para-hydroxylation sites is 2. The lowest BCUT2D eigenvalue weighted by Crippen LogP contribution is -2.02. The van der Waals surface area contributed by atoms with Crippen LogP contribution in [0.4, 0.5) is 0 Å². The van der Waals surface area contributed by atoms with Crippen molar-refractivity contribution in [3.05, 3.63) is 140 Å². The molecule has 10 aromatic rings. The van der Waals surface area contributed by atoms with Gasteiger partial charge in [0, 0.05) is 53.5 Å². The highest BCUT2D eigenvalue weighted by Gasteiger charge is 2.21. The third kappa shape index (κ3) is 3.59. The van der Waals surface area contributed by atoms with E-state index in [1.54, 1.807) is 11.3 Å². The van der Waals surface area contributed by atoms with Crippen molar-refractivity contribution in [2.75, 3.05) is 0 Å². The standard InChI is InChI=1S/C40H23N3OS/c1-2-11-24(12-3-1)31-23-36(42-40(41-31)30-17-10-16-28-26-14-6-9-20-35(26)45-39(28)30)43-32-18-7-4-15-29(32)37-33(43)22-21-27-25-13-5-8-19-34(25)44-38(27)37/h1-23H. The van der Waals surface area contributed by atoms with Crippen molar-refractivity contribution in [2.45, 2.75) is 0 Å². The molecule has 0 radical (unpaired) electrons. The summed E-state index contributed by atoms with van der Waals surface area (Å²) in [6.45, 7) is 0. The topological polar surface area (TPSA) is 43.9 Å². The Hall–Kier alpha value is -5.78. The molecule has 0 aliphatic carbocycles. The maximum absolute atomic E-state index is 6.54. The van der Waals surface area contributed by atoms with Crippen LogP contribution in [0.3, 0.4) is 0 Å². The summed E-state index contributed by atoms with van der Waals surface area (Å²) < 4.78 is 11.3. The molecule has 0 bridgehead atoms. The molecular formula is C40H23N3OS. The normalized spacial score (nSPS) is 12.0. The lowest BCUT2D eigenvalue weighted by molar-refractivity contribution is 0.673. The van der Waals surface area contributed by atoms with E-state index in [1.165, 1.54) is 20.2 Å². The van der Waals surface area contributed by atoms with Crippen LogP contribution in [-0.2, 0) is 0 Å². The maximum atomic E-state index is 6.54. The van der Waals surface area contributed by atoms with Gasteiger partial charge in [0.1, 0.15) is 17.0 Å². The SMILES string of the molecule is c1ccc(-c2cc(-n3c4ccccc4c4c5oc6ccccc6c5ccc43)nc(-c3cccc4c3sc3ccccc34)n2)cc1. The van der Waals surface area contributed by atoms with Crippen molar-refractivity contribution in [2.24, 2.45) is 0 Å². The van der Waals surface area contributed by atoms with Gasteiger partial charge in [-0.05, 0) is 36.4 Å². The van der Waals surface area contributed by atoms with Crippen LogP contribution < -0.4 is 0 Å². The Labute approximate surface area is 261 Å². The summed E-state index contributed by atoms with van der Waals surface area (Å²) in [7, 11) is 0. The first-order valence-electron chi connectivity index (χ1n) is 15.0. The molecule has 0 fully saturated rings. The first-order valence-corrected chi connectivity index (χ1v) is 15.8. The van der Waals surface area contributed by atoms with E-state index in [0.717, 1.165) is 66.4 Å². The lowest BCUT2D eigenvalue weighted by atomic mass is 10.1. The lowest BCUT2D eigenvalue weighted by Gasteiger charge is -2.12. The second-order valence-corrected chi connectivity index (χ2v) is 12.4.